The smallest absolute Gasteiger partial charge is 0.149 e. The van der Waals surface area contributed by atoms with Crippen LogP contribution in [0.15, 0.2) is 38.3 Å². The van der Waals surface area contributed by atoms with E-state index >= 15 is 0 Å². The average molecular weight is 308 g/mol. The van der Waals surface area contributed by atoms with Gasteiger partial charge in [0.05, 0.1) is 0 Å². The first-order chi connectivity index (χ1) is 8.65. The number of hydrogen-bond acceptors (Lipinski definition) is 3. The van der Waals surface area contributed by atoms with Crippen LogP contribution in [-0.2, 0) is 6.42 Å². The van der Waals surface area contributed by atoms with Crippen LogP contribution in [-0.4, -0.2) is 11.4 Å². The molecule has 0 aliphatic carbocycles. The number of oxime groups is 1. The van der Waals surface area contributed by atoms with Crippen LogP contribution in [0.2, 0.25) is 0 Å². The molecule has 0 spiro atoms. The zero-order chi connectivity index (χ0) is 13.1. The topological polar surface area (TPSA) is 45.7 Å². The largest absolute Gasteiger partial charge is 0.455 e. The monoisotopic (exact) mass is 307 g/mol. The third kappa shape index (κ3) is 2.48. The summed E-state index contributed by atoms with van der Waals surface area (Å²) in [6.45, 7) is 4.18. The summed E-state index contributed by atoms with van der Waals surface area (Å²) in [7, 11) is 0. The number of benzene rings is 1. The number of hydrogen-bond donors (Lipinski definition) is 1. The van der Waals surface area contributed by atoms with Gasteiger partial charge in [0.15, 0.2) is 0 Å². The van der Waals surface area contributed by atoms with E-state index in [0.717, 1.165) is 22.2 Å². The molecule has 1 aromatic heterocycles. The predicted molar refractivity (Wildman–Crippen MR) is 75.3 cm³/mol. The van der Waals surface area contributed by atoms with E-state index < -0.39 is 0 Å². The number of rotatable bonds is 3. The van der Waals surface area contributed by atoms with Gasteiger partial charge in [-0.15, -0.1) is 0 Å². The van der Waals surface area contributed by atoms with Crippen LogP contribution < -0.4 is 0 Å². The summed E-state index contributed by atoms with van der Waals surface area (Å²) in [5, 5.41) is 11.4. The van der Waals surface area contributed by atoms with E-state index in [1.54, 1.807) is 6.07 Å². The van der Waals surface area contributed by atoms with Crippen LogP contribution in [0.1, 0.15) is 23.8 Å². The van der Waals surface area contributed by atoms with Gasteiger partial charge in [-0.2, -0.15) is 0 Å². The fraction of sp³-hybridized carbons (Fsp3) is 0.214. The lowest BCUT2D eigenvalue weighted by Crippen LogP contribution is -1.88. The Hall–Kier alpha value is -1.55. The maximum Gasteiger partial charge on any atom is 0.149 e. The molecule has 1 N–H and O–H groups in total. The molecule has 3 nitrogen and oxygen atoms in total. The first kappa shape index (κ1) is 12.9. The van der Waals surface area contributed by atoms with Crippen LogP contribution in [0, 0.1) is 6.92 Å². The average Bonchev–Trinajstić information content (AvgIpc) is 2.81. The Balaban J connectivity index is 2.46. The highest BCUT2D eigenvalue weighted by Gasteiger charge is 2.09. The quantitative estimate of drug-likeness (QED) is 0.519. The highest BCUT2D eigenvalue weighted by Crippen LogP contribution is 2.30. The molecular weight excluding hydrogens is 294 g/mol. The van der Waals surface area contributed by atoms with E-state index in [0.29, 0.717) is 5.76 Å². The first-order valence-corrected chi connectivity index (χ1v) is 6.51. The molecular formula is C14H14BrNO2. The SMILES string of the molecule is CCc1cc(-c2ccc(/C=N\O)o2)cc(C)c1Br. The summed E-state index contributed by atoms with van der Waals surface area (Å²) in [5.41, 5.74) is 3.46. The van der Waals surface area contributed by atoms with Crippen molar-refractivity contribution in [3.8, 4) is 11.3 Å². The molecule has 2 rings (SSSR count). The van der Waals surface area contributed by atoms with Gasteiger partial charge in [0.25, 0.3) is 0 Å². The van der Waals surface area contributed by atoms with Crippen molar-refractivity contribution in [1.29, 1.82) is 0 Å². The Kier molecular flexibility index (Phi) is 3.87. The molecule has 0 saturated heterocycles. The van der Waals surface area contributed by atoms with Gasteiger partial charge in [0.2, 0.25) is 0 Å². The summed E-state index contributed by atoms with van der Waals surface area (Å²) < 4.78 is 6.73. The standard InChI is InChI=1S/C14H14BrNO2/c1-3-10-7-11(6-9(2)14(10)15)13-5-4-12(18-13)8-16-17/h4-8,17H,3H2,1-2H3/b16-8-. The van der Waals surface area contributed by atoms with E-state index in [9.17, 15) is 0 Å². The van der Waals surface area contributed by atoms with Crippen molar-refractivity contribution in [2.24, 2.45) is 5.16 Å². The molecule has 0 bridgehead atoms. The fourth-order valence-electron chi connectivity index (χ4n) is 1.88. The van der Waals surface area contributed by atoms with E-state index in [-0.39, 0.29) is 0 Å². The van der Waals surface area contributed by atoms with Crippen LogP contribution in [0.3, 0.4) is 0 Å². The number of aryl methyl sites for hydroxylation is 2. The van der Waals surface area contributed by atoms with Gasteiger partial charge in [-0.05, 0) is 48.7 Å². The van der Waals surface area contributed by atoms with E-state index in [2.05, 4.69) is 47.1 Å². The molecule has 0 atom stereocenters. The van der Waals surface area contributed by atoms with Crippen molar-refractivity contribution in [2.45, 2.75) is 20.3 Å². The normalized spacial score (nSPS) is 11.3. The van der Waals surface area contributed by atoms with Gasteiger partial charge in [0.1, 0.15) is 17.7 Å². The Bertz CT molecular complexity index is 587. The number of nitrogens with zero attached hydrogens (tertiary/aromatic N) is 1. The summed E-state index contributed by atoms with van der Waals surface area (Å²) in [6.07, 6.45) is 2.23. The molecule has 18 heavy (non-hydrogen) atoms. The lowest BCUT2D eigenvalue weighted by atomic mass is 10.0. The number of halogens is 1. The third-order valence-corrected chi connectivity index (χ3v) is 3.94. The van der Waals surface area contributed by atoms with Crippen LogP contribution >= 0.6 is 15.9 Å². The predicted octanol–water partition coefficient (Wildman–Crippen LogP) is 4.39. The minimum atomic E-state index is 0.533. The van der Waals surface area contributed by atoms with Crippen molar-refractivity contribution in [3.63, 3.8) is 0 Å². The van der Waals surface area contributed by atoms with E-state index in [1.165, 1.54) is 17.3 Å². The molecule has 0 unspecified atom stereocenters. The summed E-state index contributed by atoms with van der Waals surface area (Å²) in [4.78, 5) is 0. The summed E-state index contributed by atoms with van der Waals surface area (Å²) in [6, 6.07) is 7.83. The van der Waals surface area contributed by atoms with Crippen molar-refractivity contribution in [2.75, 3.05) is 0 Å². The van der Waals surface area contributed by atoms with Crippen LogP contribution in [0.5, 0.6) is 0 Å². The second-order valence-corrected chi connectivity index (χ2v) is 4.86. The van der Waals surface area contributed by atoms with Crippen LogP contribution in [0.25, 0.3) is 11.3 Å². The second-order valence-electron chi connectivity index (χ2n) is 4.07. The summed E-state index contributed by atoms with van der Waals surface area (Å²) >= 11 is 3.59. The zero-order valence-corrected chi connectivity index (χ0v) is 11.9. The minimum absolute atomic E-state index is 0.533. The van der Waals surface area contributed by atoms with E-state index in [1.807, 2.05) is 6.07 Å². The van der Waals surface area contributed by atoms with E-state index in [4.69, 9.17) is 9.62 Å². The fourth-order valence-corrected chi connectivity index (χ4v) is 2.39. The first-order valence-electron chi connectivity index (χ1n) is 5.72. The highest BCUT2D eigenvalue weighted by molar-refractivity contribution is 9.10. The van der Waals surface area contributed by atoms with Gasteiger partial charge in [0, 0.05) is 10.0 Å². The maximum atomic E-state index is 8.47. The Labute approximate surface area is 114 Å². The molecule has 0 aliphatic rings. The molecule has 1 aromatic carbocycles. The second kappa shape index (κ2) is 5.40. The molecule has 2 aromatic rings. The highest BCUT2D eigenvalue weighted by atomic mass is 79.9. The maximum absolute atomic E-state index is 8.47. The van der Waals surface area contributed by atoms with Gasteiger partial charge in [-0.1, -0.05) is 28.0 Å². The molecule has 1 heterocycles. The van der Waals surface area contributed by atoms with Crippen molar-refractivity contribution >= 4 is 22.1 Å². The third-order valence-electron chi connectivity index (χ3n) is 2.81. The molecule has 0 saturated carbocycles. The Morgan fingerprint density at radius 2 is 2.17 bits per heavy atom. The molecule has 0 fully saturated rings. The molecule has 0 amide bonds. The van der Waals surface area contributed by atoms with Crippen molar-refractivity contribution in [1.82, 2.24) is 0 Å². The lowest BCUT2D eigenvalue weighted by molar-refractivity contribution is 0.321. The Morgan fingerprint density at radius 1 is 1.39 bits per heavy atom. The molecule has 4 heteroatoms. The van der Waals surface area contributed by atoms with Crippen molar-refractivity contribution < 1.29 is 9.62 Å². The molecule has 94 valence electrons. The van der Waals surface area contributed by atoms with Gasteiger partial charge >= 0.3 is 0 Å². The lowest BCUT2D eigenvalue weighted by Gasteiger charge is -2.08. The van der Waals surface area contributed by atoms with Gasteiger partial charge < -0.3 is 9.62 Å². The molecule has 0 aliphatic heterocycles. The van der Waals surface area contributed by atoms with Crippen molar-refractivity contribution in [3.05, 3.63) is 45.6 Å². The van der Waals surface area contributed by atoms with Gasteiger partial charge in [-0.3, -0.25) is 0 Å². The zero-order valence-electron chi connectivity index (χ0n) is 10.3. The summed E-state index contributed by atoms with van der Waals surface area (Å²) in [5.74, 6) is 1.31. The van der Waals surface area contributed by atoms with Gasteiger partial charge in [-0.25, -0.2) is 0 Å². The minimum Gasteiger partial charge on any atom is -0.455 e. The van der Waals surface area contributed by atoms with Crippen LogP contribution in [0.4, 0.5) is 0 Å². The Morgan fingerprint density at radius 3 is 2.83 bits per heavy atom. The molecule has 0 radical (unpaired) electrons. The number of furan rings is 1.